The molecule has 82 valence electrons. The molecule has 1 aliphatic rings. The van der Waals surface area contributed by atoms with E-state index in [-0.39, 0.29) is 11.3 Å². The van der Waals surface area contributed by atoms with E-state index in [9.17, 15) is 4.79 Å². The monoisotopic (exact) mass is 263 g/mol. The second-order valence-corrected chi connectivity index (χ2v) is 5.04. The number of alkyl halides is 1. The van der Waals surface area contributed by atoms with Gasteiger partial charge in [0.15, 0.2) is 0 Å². The quantitative estimate of drug-likeness (QED) is 0.725. The van der Waals surface area contributed by atoms with Gasteiger partial charge in [0.05, 0.1) is 19.6 Å². The van der Waals surface area contributed by atoms with Gasteiger partial charge in [-0.3, -0.25) is 4.79 Å². The van der Waals surface area contributed by atoms with Crippen molar-refractivity contribution < 1.29 is 9.53 Å². The van der Waals surface area contributed by atoms with Crippen LogP contribution in [0.5, 0.6) is 0 Å². The molecule has 4 heteroatoms. The van der Waals surface area contributed by atoms with Crippen LogP contribution in [0, 0.1) is 5.41 Å². The molecule has 1 fully saturated rings. The van der Waals surface area contributed by atoms with Gasteiger partial charge in [0, 0.05) is 18.4 Å². The molecule has 0 aromatic rings. The zero-order chi connectivity index (χ0) is 10.6. The number of rotatable bonds is 3. The van der Waals surface area contributed by atoms with E-state index in [1.54, 1.807) is 0 Å². The van der Waals surface area contributed by atoms with Gasteiger partial charge in [-0.15, -0.1) is 0 Å². The number of amides is 1. The van der Waals surface area contributed by atoms with E-state index in [2.05, 4.69) is 29.8 Å². The average molecular weight is 264 g/mol. The fourth-order valence-corrected chi connectivity index (χ4v) is 1.62. The van der Waals surface area contributed by atoms with E-state index in [0.29, 0.717) is 19.6 Å². The standard InChI is InChI=1S/C10H18BrNO2/c1-10(2,7-11)8-12-4-6-14-5-3-9(12)13/h3-8H2,1-2H3. The van der Waals surface area contributed by atoms with Gasteiger partial charge in [0.1, 0.15) is 0 Å². The van der Waals surface area contributed by atoms with Crippen LogP contribution in [0.2, 0.25) is 0 Å². The molecule has 0 radical (unpaired) electrons. The minimum atomic E-state index is 0.139. The van der Waals surface area contributed by atoms with Crippen molar-refractivity contribution in [3.8, 4) is 0 Å². The van der Waals surface area contributed by atoms with Gasteiger partial charge in [-0.2, -0.15) is 0 Å². The minimum absolute atomic E-state index is 0.139. The number of carbonyl (C=O) groups is 1. The van der Waals surface area contributed by atoms with Crippen LogP contribution in [-0.2, 0) is 9.53 Å². The lowest BCUT2D eigenvalue weighted by Gasteiger charge is -2.30. The van der Waals surface area contributed by atoms with Gasteiger partial charge in [-0.25, -0.2) is 0 Å². The van der Waals surface area contributed by atoms with Crippen LogP contribution in [-0.4, -0.2) is 42.4 Å². The molecule has 1 aliphatic heterocycles. The maximum Gasteiger partial charge on any atom is 0.224 e. The van der Waals surface area contributed by atoms with E-state index >= 15 is 0 Å². The number of nitrogens with zero attached hydrogens (tertiary/aromatic N) is 1. The van der Waals surface area contributed by atoms with Crippen molar-refractivity contribution in [2.24, 2.45) is 5.41 Å². The van der Waals surface area contributed by atoms with Crippen LogP contribution in [0.3, 0.4) is 0 Å². The molecule has 0 aromatic carbocycles. The summed E-state index contributed by atoms with van der Waals surface area (Å²) in [5.41, 5.74) is 0.139. The molecule has 0 saturated carbocycles. The third-order valence-corrected chi connectivity index (χ3v) is 3.82. The molecule has 0 aliphatic carbocycles. The molecule has 14 heavy (non-hydrogen) atoms. The summed E-state index contributed by atoms with van der Waals surface area (Å²) in [4.78, 5) is 13.5. The Hall–Kier alpha value is -0.0900. The highest BCUT2D eigenvalue weighted by atomic mass is 79.9. The molecule has 0 atom stereocenters. The molecule has 1 rings (SSSR count). The van der Waals surface area contributed by atoms with Gasteiger partial charge in [-0.05, 0) is 5.41 Å². The summed E-state index contributed by atoms with van der Waals surface area (Å²) in [6, 6.07) is 0. The number of hydrogen-bond acceptors (Lipinski definition) is 2. The smallest absolute Gasteiger partial charge is 0.224 e. The Morgan fingerprint density at radius 1 is 1.50 bits per heavy atom. The molecule has 0 aromatic heterocycles. The summed E-state index contributed by atoms with van der Waals surface area (Å²) >= 11 is 3.47. The van der Waals surface area contributed by atoms with Gasteiger partial charge in [0.2, 0.25) is 5.91 Å². The second-order valence-electron chi connectivity index (χ2n) is 4.48. The lowest BCUT2D eigenvalue weighted by molar-refractivity contribution is -0.131. The van der Waals surface area contributed by atoms with E-state index in [0.717, 1.165) is 18.4 Å². The van der Waals surface area contributed by atoms with Crippen molar-refractivity contribution in [2.75, 3.05) is 31.6 Å². The molecule has 1 amide bonds. The highest BCUT2D eigenvalue weighted by Gasteiger charge is 2.24. The first-order chi connectivity index (χ1) is 6.55. The van der Waals surface area contributed by atoms with E-state index in [1.165, 1.54) is 0 Å². The van der Waals surface area contributed by atoms with Gasteiger partial charge in [0.25, 0.3) is 0 Å². The highest BCUT2D eigenvalue weighted by Crippen LogP contribution is 2.20. The number of halogens is 1. The SMILES string of the molecule is CC(C)(CBr)CN1CCOCCC1=O. The van der Waals surface area contributed by atoms with Crippen LogP contribution in [0.1, 0.15) is 20.3 Å². The molecule has 0 spiro atoms. The summed E-state index contributed by atoms with van der Waals surface area (Å²) in [6.07, 6.45) is 0.526. The summed E-state index contributed by atoms with van der Waals surface area (Å²) in [5.74, 6) is 0.219. The maximum atomic E-state index is 11.6. The third kappa shape index (κ3) is 3.58. The van der Waals surface area contributed by atoms with Crippen LogP contribution in [0.4, 0.5) is 0 Å². The summed E-state index contributed by atoms with van der Waals surface area (Å²) in [5, 5.41) is 0.907. The average Bonchev–Trinajstić information content (AvgIpc) is 2.32. The molecule has 1 saturated heterocycles. The molecular weight excluding hydrogens is 246 g/mol. The van der Waals surface area contributed by atoms with E-state index < -0.39 is 0 Å². The van der Waals surface area contributed by atoms with Crippen molar-refractivity contribution in [1.29, 1.82) is 0 Å². The highest BCUT2D eigenvalue weighted by molar-refractivity contribution is 9.09. The Morgan fingerprint density at radius 3 is 2.86 bits per heavy atom. The van der Waals surface area contributed by atoms with Crippen LogP contribution < -0.4 is 0 Å². The van der Waals surface area contributed by atoms with Gasteiger partial charge in [-0.1, -0.05) is 29.8 Å². The first-order valence-corrected chi connectivity index (χ1v) is 6.09. The topological polar surface area (TPSA) is 29.5 Å². The first kappa shape index (κ1) is 12.0. The largest absolute Gasteiger partial charge is 0.379 e. The molecule has 0 unspecified atom stereocenters. The Bertz CT molecular complexity index is 206. The molecule has 1 heterocycles. The molecule has 0 N–H and O–H groups in total. The van der Waals surface area contributed by atoms with E-state index in [4.69, 9.17) is 4.74 Å². The van der Waals surface area contributed by atoms with Crippen molar-refractivity contribution in [2.45, 2.75) is 20.3 Å². The predicted molar refractivity (Wildman–Crippen MR) is 59.6 cm³/mol. The Morgan fingerprint density at radius 2 is 2.21 bits per heavy atom. The molecule has 3 nitrogen and oxygen atoms in total. The summed E-state index contributed by atoms with van der Waals surface area (Å²) in [6.45, 7) is 7.09. The lowest BCUT2D eigenvalue weighted by Crippen LogP contribution is -2.40. The maximum absolute atomic E-state index is 11.6. The van der Waals surface area contributed by atoms with Crippen molar-refractivity contribution in [3.63, 3.8) is 0 Å². The fraction of sp³-hybridized carbons (Fsp3) is 0.900. The normalized spacial score (nSPS) is 19.6. The second kappa shape index (κ2) is 5.12. The third-order valence-electron chi connectivity index (χ3n) is 2.30. The van der Waals surface area contributed by atoms with Crippen molar-refractivity contribution in [3.05, 3.63) is 0 Å². The Balaban J connectivity index is 2.52. The summed E-state index contributed by atoms with van der Waals surface area (Å²) < 4.78 is 5.27. The first-order valence-electron chi connectivity index (χ1n) is 4.97. The summed E-state index contributed by atoms with van der Waals surface area (Å²) in [7, 11) is 0. The van der Waals surface area contributed by atoms with Crippen molar-refractivity contribution in [1.82, 2.24) is 4.90 Å². The number of hydrogen-bond donors (Lipinski definition) is 0. The Labute approximate surface area is 93.9 Å². The molecule has 0 bridgehead atoms. The molecular formula is C10H18BrNO2. The Kier molecular flexibility index (Phi) is 4.38. The van der Waals surface area contributed by atoms with Crippen molar-refractivity contribution >= 4 is 21.8 Å². The lowest BCUT2D eigenvalue weighted by atomic mass is 9.96. The van der Waals surface area contributed by atoms with Gasteiger partial charge < -0.3 is 9.64 Å². The zero-order valence-electron chi connectivity index (χ0n) is 8.88. The zero-order valence-corrected chi connectivity index (χ0v) is 10.5. The number of ether oxygens (including phenoxy) is 1. The van der Waals surface area contributed by atoms with Gasteiger partial charge >= 0.3 is 0 Å². The van der Waals surface area contributed by atoms with E-state index in [1.807, 2.05) is 4.90 Å². The van der Waals surface area contributed by atoms with Crippen LogP contribution in [0.15, 0.2) is 0 Å². The fourth-order valence-electron chi connectivity index (χ4n) is 1.45. The van der Waals surface area contributed by atoms with Crippen LogP contribution >= 0.6 is 15.9 Å². The number of carbonyl (C=O) groups excluding carboxylic acids is 1. The predicted octanol–water partition coefficient (Wildman–Crippen LogP) is 1.66. The minimum Gasteiger partial charge on any atom is -0.379 e. The van der Waals surface area contributed by atoms with Crippen LogP contribution in [0.25, 0.3) is 0 Å².